The molecule has 4 aromatic rings. The topological polar surface area (TPSA) is 109 Å². The Bertz CT molecular complexity index is 1590. The molecule has 1 unspecified atom stereocenters. The third-order valence-corrected chi connectivity index (χ3v) is 8.83. The number of halogens is 1. The number of furan rings is 1. The molecule has 2 amide bonds. The second-order valence-electron chi connectivity index (χ2n) is 10.3. The van der Waals surface area contributed by atoms with Crippen molar-refractivity contribution in [3.05, 3.63) is 125 Å². The van der Waals surface area contributed by atoms with E-state index >= 15 is 0 Å². The molecule has 1 fully saturated rings. The Hall–Kier alpha value is -3.92. The Balaban J connectivity index is 1.36. The third kappa shape index (κ3) is 7.88. The highest BCUT2D eigenvalue weighted by Gasteiger charge is 2.32. The number of amides is 2. The summed E-state index contributed by atoms with van der Waals surface area (Å²) in [5, 5.41) is 3.49. The normalized spacial score (nSPS) is 13.8. The molecule has 0 aliphatic heterocycles. The Morgan fingerprint density at radius 1 is 0.905 bits per heavy atom. The Kier molecular flexibility index (Phi) is 9.41. The predicted octanol–water partition coefficient (Wildman–Crippen LogP) is 5.39. The number of sulfonamides is 1. The van der Waals surface area contributed by atoms with Crippen LogP contribution in [0, 0.1) is 0 Å². The van der Waals surface area contributed by atoms with Crippen LogP contribution >= 0.6 is 11.6 Å². The number of rotatable bonds is 13. The number of aryl methyl sites for hydroxylation is 1. The quantitative estimate of drug-likeness (QED) is 0.212. The van der Waals surface area contributed by atoms with E-state index in [1.807, 2.05) is 42.5 Å². The number of nitrogens with zero attached hydrogens (tertiary/aromatic N) is 1. The van der Waals surface area contributed by atoms with Gasteiger partial charge in [0.05, 0.1) is 17.7 Å². The minimum atomic E-state index is -3.56. The zero-order chi connectivity index (χ0) is 29.5. The molecule has 218 valence electrons. The largest absolute Gasteiger partial charge is 0.467 e. The lowest BCUT2D eigenvalue weighted by molar-refractivity contribution is -0.141. The highest BCUT2D eigenvalue weighted by molar-refractivity contribution is 7.89. The first-order valence-corrected chi connectivity index (χ1v) is 15.6. The molecule has 5 rings (SSSR count). The summed E-state index contributed by atoms with van der Waals surface area (Å²) in [6, 6.07) is 25.6. The maximum absolute atomic E-state index is 13.9. The molecule has 1 heterocycles. The zero-order valence-corrected chi connectivity index (χ0v) is 24.5. The van der Waals surface area contributed by atoms with Crippen LogP contribution in [0.1, 0.15) is 47.8 Å². The Labute approximate surface area is 250 Å². The van der Waals surface area contributed by atoms with Gasteiger partial charge in [0.1, 0.15) is 11.8 Å². The first kappa shape index (κ1) is 29.6. The maximum atomic E-state index is 13.9. The molecular formula is C32H32ClN3O5S. The maximum Gasteiger partial charge on any atom is 0.247 e. The fourth-order valence-electron chi connectivity index (χ4n) is 4.62. The highest BCUT2D eigenvalue weighted by atomic mass is 35.5. The fourth-order valence-corrected chi connectivity index (χ4v) is 6.05. The second kappa shape index (κ2) is 13.4. The van der Waals surface area contributed by atoms with Gasteiger partial charge < -0.3 is 14.6 Å². The van der Waals surface area contributed by atoms with Crippen molar-refractivity contribution in [1.82, 2.24) is 14.9 Å². The van der Waals surface area contributed by atoms with Crippen LogP contribution in [0.15, 0.2) is 107 Å². The number of carbonyl (C=O) groups excluding carboxylic acids is 2. The second-order valence-corrected chi connectivity index (χ2v) is 12.4. The molecular weight excluding hydrogens is 574 g/mol. The molecule has 1 aromatic heterocycles. The van der Waals surface area contributed by atoms with Gasteiger partial charge in [-0.25, -0.2) is 13.1 Å². The minimum Gasteiger partial charge on any atom is -0.467 e. The molecule has 1 aliphatic carbocycles. The zero-order valence-electron chi connectivity index (χ0n) is 22.9. The van der Waals surface area contributed by atoms with Gasteiger partial charge in [-0.15, -0.1) is 0 Å². The van der Waals surface area contributed by atoms with Crippen LogP contribution in [-0.4, -0.2) is 31.2 Å². The summed E-state index contributed by atoms with van der Waals surface area (Å²) in [5.74, 6) is 0.0419. The standard InChI is InChI=1S/C32H32ClN3O5S/c33-26-13-8-24(9-14-26)22-36(31(25-5-2-1-3-6-25)32(38)34-21-28-7-4-20-41-28)30(37)19-12-23-10-17-29(18-11-23)42(39,40)35-27-15-16-27/h1-11,13-14,17-18,20,27,31,35H,12,15-16,19,21-22H2,(H,34,38). The van der Waals surface area contributed by atoms with Crippen LogP contribution in [0.2, 0.25) is 5.02 Å². The molecule has 1 aliphatic rings. The van der Waals surface area contributed by atoms with Crippen molar-refractivity contribution >= 4 is 33.4 Å². The van der Waals surface area contributed by atoms with E-state index in [9.17, 15) is 18.0 Å². The van der Waals surface area contributed by atoms with Crippen molar-refractivity contribution in [2.45, 2.75) is 55.8 Å². The van der Waals surface area contributed by atoms with Gasteiger partial charge in [0, 0.05) is 24.0 Å². The summed E-state index contributed by atoms with van der Waals surface area (Å²) >= 11 is 6.10. The number of benzene rings is 3. The van der Waals surface area contributed by atoms with Crippen LogP contribution in [0.3, 0.4) is 0 Å². The number of hydrogen-bond acceptors (Lipinski definition) is 5. The van der Waals surface area contributed by atoms with Crippen LogP contribution in [-0.2, 0) is 39.1 Å². The molecule has 2 N–H and O–H groups in total. The summed E-state index contributed by atoms with van der Waals surface area (Å²) in [5.41, 5.74) is 2.32. The van der Waals surface area contributed by atoms with Crippen LogP contribution in [0.5, 0.6) is 0 Å². The summed E-state index contributed by atoms with van der Waals surface area (Å²) in [6.45, 7) is 0.372. The summed E-state index contributed by atoms with van der Waals surface area (Å²) in [7, 11) is -3.56. The van der Waals surface area contributed by atoms with E-state index in [0.717, 1.165) is 24.0 Å². The molecule has 1 saturated carbocycles. The average molecular weight is 606 g/mol. The molecule has 3 aromatic carbocycles. The third-order valence-electron chi connectivity index (χ3n) is 7.04. The highest BCUT2D eigenvalue weighted by Crippen LogP contribution is 2.26. The lowest BCUT2D eigenvalue weighted by Gasteiger charge is -2.32. The monoisotopic (exact) mass is 605 g/mol. The van der Waals surface area contributed by atoms with Gasteiger partial charge >= 0.3 is 0 Å². The first-order valence-electron chi connectivity index (χ1n) is 13.8. The molecule has 42 heavy (non-hydrogen) atoms. The number of carbonyl (C=O) groups is 2. The van der Waals surface area contributed by atoms with Crippen LogP contribution in [0.4, 0.5) is 0 Å². The van der Waals surface area contributed by atoms with E-state index in [2.05, 4.69) is 10.0 Å². The van der Waals surface area contributed by atoms with E-state index in [4.69, 9.17) is 16.0 Å². The van der Waals surface area contributed by atoms with Crippen LogP contribution < -0.4 is 10.0 Å². The summed E-state index contributed by atoms with van der Waals surface area (Å²) in [4.78, 5) is 29.4. The van der Waals surface area contributed by atoms with Crippen molar-refractivity contribution in [2.24, 2.45) is 0 Å². The number of hydrogen-bond donors (Lipinski definition) is 2. The summed E-state index contributed by atoms with van der Waals surface area (Å²) in [6.07, 6.45) is 3.75. The van der Waals surface area contributed by atoms with E-state index < -0.39 is 16.1 Å². The van der Waals surface area contributed by atoms with E-state index in [1.165, 1.54) is 6.26 Å². The van der Waals surface area contributed by atoms with Gasteiger partial charge in [0.15, 0.2) is 0 Å². The van der Waals surface area contributed by atoms with Gasteiger partial charge in [-0.1, -0.05) is 66.2 Å². The Morgan fingerprint density at radius 2 is 1.60 bits per heavy atom. The fraction of sp³-hybridized carbons (Fsp3) is 0.250. The number of nitrogens with one attached hydrogen (secondary N) is 2. The molecule has 0 saturated heterocycles. The molecule has 1 atom stereocenters. The van der Waals surface area contributed by atoms with Crippen molar-refractivity contribution in [3.8, 4) is 0 Å². The van der Waals surface area contributed by atoms with Gasteiger partial charge in [0.25, 0.3) is 0 Å². The van der Waals surface area contributed by atoms with Gasteiger partial charge in [-0.2, -0.15) is 0 Å². The van der Waals surface area contributed by atoms with Crippen molar-refractivity contribution in [1.29, 1.82) is 0 Å². The molecule has 0 spiro atoms. The van der Waals surface area contributed by atoms with Crippen molar-refractivity contribution < 1.29 is 22.4 Å². The SMILES string of the molecule is O=C(NCc1ccco1)C(c1ccccc1)N(Cc1ccc(Cl)cc1)C(=O)CCc1ccc(S(=O)(=O)NC2CC2)cc1. The molecule has 10 heteroatoms. The van der Waals surface area contributed by atoms with Crippen molar-refractivity contribution in [2.75, 3.05) is 0 Å². The average Bonchev–Trinajstić information content (AvgIpc) is 3.64. The van der Waals surface area contributed by atoms with Gasteiger partial charge in [0.2, 0.25) is 21.8 Å². The molecule has 0 radical (unpaired) electrons. The summed E-state index contributed by atoms with van der Waals surface area (Å²) < 4.78 is 33.1. The first-order chi connectivity index (χ1) is 20.3. The van der Waals surface area contributed by atoms with E-state index in [0.29, 0.717) is 22.8 Å². The van der Waals surface area contributed by atoms with Crippen molar-refractivity contribution in [3.63, 3.8) is 0 Å². The van der Waals surface area contributed by atoms with E-state index in [-0.39, 0.29) is 42.3 Å². The molecule has 0 bridgehead atoms. The predicted molar refractivity (Wildman–Crippen MR) is 160 cm³/mol. The van der Waals surface area contributed by atoms with E-state index in [1.54, 1.807) is 53.4 Å². The molecule has 8 nitrogen and oxygen atoms in total. The van der Waals surface area contributed by atoms with Crippen LogP contribution in [0.25, 0.3) is 0 Å². The smallest absolute Gasteiger partial charge is 0.247 e. The van der Waals surface area contributed by atoms with Gasteiger partial charge in [-0.3, -0.25) is 9.59 Å². The Morgan fingerprint density at radius 3 is 2.24 bits per heavy atom. The van der Waals surface area contributed by atoms with Gasteiger partial charge in [-0.05, 0) is 72.4 Å². The lowest BCUT2D eigenvalue weighted by atomic mass is 10.0. The lowest BCUT2D eigenvalue weighted by Crippen LogP contribution is -2.43. The minimum absolute atomic E-state index is 0.0211.